The quantitative estimate of drug-likeness (QED) is 0.160. The molecule has 1 aromatic heterocycles. The lowest BCUT2D eigenvalue weighted by molar-refractivity contribution is -0.138. The van der Waals surface area contributed by atoms with E-state index in [0.29, 0.717) is 41.8 Å². The summed E-state index contributed by atoms with van der Waals surface area (Å²) in [5, 5.41) is 6.84. The molecule has 57 heavy (non-hydrogen) atoms. The number of amides is 4. The Kier molecular flexibility index (Phi) is 10.1. The van der Waals surface area contributed by atoms with Gasteiger partial charge in [-0.05, 0) is 103 Å². The molecule has 1 unspecified atom stereocenters. The number of piperazine rings is 1. The van der Waals surface area contributed by atoms with Gasteiger partial charge < -0.3 is 19.9 Å². The number of aromatic nitrogens is 1. The molecule has 5 aromatic rings. The summed E-state index contributed by atoms with van der Waals surface area (Å²) in [4.78, 5) is 61.6. The van der Waals surface area contributed by atoms with E-state index in [1.165, 1.54) is 12.1 Å². The van der Waals surface area contributed by atoms with Crippen LogP contribution < -0.4 is 20.3 Å². The van der Waals surface area contributed by atoms with Crippen molar-refractivity contribution in [2.75, 3.05) is 31.1 Å². The van der Waals surface area contributed by atoms with Crippen molar-refractivity contribution in [3.63, 3.8) is 0 Å². The Hall–Kier alpha value is -6.28. The lowest BCUT2D eigenvalue weighted by atomic mass is 10.0. The van der Waals surface area contributed by atoms with E-state index in [-0.39, 0.29) is 35.9 Å². The number of anilines is 1. The van der Waals surface area contributed by atoms with Crippen LogP contribution in [0.15, 0.2) is 97.1 Å². The summed E-state index contributed by atoms with van der Waals surface area (Å²) >= 11 is 0. The average Bonchev–Trinajstić information content (AvgIpc) is 3.52. The minimum absolute atomic E-state index is 0.183. The first-order valence-electron chi connectivity index (χ1n) is 18.8. The van der Waals surface area contributed by atoms with Gasteiger partial charge in [0.25, 0.3) is 11.8 Å². The molecule has 0 saturated carbocycles. The largest absolute Gasteiger partial charge is 0.457 e. The molecule has 0 radical (unpaired) electrons. The van der Waals surface area contributed by atoms with Gasteiger partial charge in [0, 0.05) is 67.9 Å². The fourth-order valence-corrected chi connectivity index (χ4v) is 7.66. The van der Waals surface area contributed by atoms with Crippen LogP contribution in [0.4, 0.5) is 18.9 Å². The predicted molar refractivity (Wildman–Crippen MR) is 206 cm³/mol. The standard InChI is InChI=1S/C43H39F3N6O5/c1-26(47-40(54)28-8-14-34-27(22-28)4-2-7-38(34)57-33-12-9-30(10-13-33)43(44,45)46)36-6-3-5-31(48-36)25-50-18-20-51(21-19-50)32-11-15-35-29(23-32)24-52(42(35)56)37-16-17-39(53)49-41(37)55/h2-15,22-23,26,37H,16-21,24-25H2,1H3,(H,47,54)(H,49,53,55)/t26-,37?/m1/s1. The average molecular weight is 777 g/mol. The summed E-state index contributed by atoms with van der Waals surface area (Å²) in [6, 6.07) is 25.6. The van der Waals surface area contributed by atoms with Gasteiger partial charge in [-0.15, -0.1) is 0 Å². The number of pyridine rings is 1. The Labute approximate surface area is 326 Å². The zero-order valence-corrected chi connectivity index (χ0v) is 31.0. The molecule has 3 aliphatic rings. The molecule has 4 aromatic carbocycles. The van der Waals surface area contributed by atoms with E-state index in [1.54, 1.807) is 35.2 Å². The van der Waals surface area contributed by atoms with E-state index >= 15 is 0 Å². The number of fused-ring (bicyclic) bond motifs is 2. The molecule has 0 bridgehead atoms. The molecule has 292 valence electrons. The number of ether oxygens (including phenoxy) is 1. The number of carbonyl (C=O) groups is 4. The highest BCUT2D eigenvalue weighted by Gasteiger charge is 2.39. The fraction of sp³-hybridized carbons (Fsp3) is 0.279. The second kappa shape index (κ2) is 15.3. The molecule has 8 rings (SSSR count). The van der Waals surface area contributed by atoms with Crippen molar-refractivity contribution < 1.29 is 37.1 Å². The SMILES string of the molecule is C[C@@H](NC(=O)c1ccc2c(Oc3ccc(C(F)(F)F)cc3)cccc2c1)c1cccc(CN2CCN(c3ccc4c(c3)CN(C3CCC(=O)NC3=O)C4=O)CC2)n1. The number of rotatable bonds is 9. The number of piperidine rings is 1. The Morgan fingerprint density at radius 3 is 2.46 bits per heavy atom. The second-order valence-electron chi connectivity index (χ2n) is 14.6. The van der Waals surface area contributed by atoms with Crippen molar-refractivity contribution in [3.8, 4) is 11.5 Å². The highest BCUT2D eigenvalue weighted by atomic mass is 19.4. The fourth-order valence-electron chi connectivity index (χ4n) is 7.66. The summed E-state index contributed by atoms with van der Waals surface area (Å²) < 4.78 is 44.9. The third-order valence-corrected chi connectivity index (χ3v) is 10.8. The molecule has 0 aliphatic carbocycles. The topological polar surface area (TPSA) is 124 Å². The van der Waals surface area contributed by atoms with Crippen molar-refractivity contribution in [3.05, 3.63) is 131 Å². The maximum Gasteiger partial charge on any atom is 0.416 e. The van der Waals surface area contributed by atoms with Gasteiger partial charge >= 0.3 is 6.18 Å². The normalized spacial score (nSPS) is 18.0. The molecule has 2 saturated heterocycles. The number of nitrogens with one attached hydrogen (secondary N) is 2. The summed E-state index contributed by atoms with van der Waals surface area (Å²) in [5.74, 6) is -0.468. The molecule has 4 heterocycles. The van der Waals surface area contributed by atoms with Crippen molar-refractivity contribution in [1.82, 2.24) is 25.4 Å². The maximum atomic E-state index is 13.4. The van der Waals surface area contributed by atoms with Crippen molar-refractivity contribution in [1.29, 1.82) is 0 Å². The highest BCUT2D eigenvalue weighted by Crippen LogP contribution is 2.35. The first-order chi connectivity index (χ1) is 27.4. The third-order valence-electron chi connectivity index (χ3n) is 10.8. The summed E-state index contributed by atoms with van der Waals surface area (Å²) in [5.41, 5.74) is 3.80. The lowest BCUT2D eigenvalue weighted by Crippen LogP contribution is -2.52. The van der Waals surface area contributed by atoms with E-state index in [0.717, 1.165) is 66.3 Å². The molecule has 11 nitrogen and oxygen atoms in total. The number of alkyl halides is 3. The van der Waals surface area contributed by atoms with E-state index in [1.807, 2.05) is 49.4 Å². The lowest BCUT2D eigenvalue weighted by Gasteiger charge is -2.36. The number of hydrogen-bond donors (Lipinski definition) is 2. The molecule has 0 spiro atoms. The van der Waals surface area contributed by atoms with E-state index in [9.17, 15) is 32.3 Å². The molecule has 3 aliphatic heterocycles. The minimum Gasteiger partial charge on any atom is -0.457 e. The monoisotopic (exact) mass is 776 g/mol. The number of hydrogen-bond acceptors (Lipinski definition) is 8. The molecule has 2 fully saturated rings. The first-order valence-corrected chi connectivity index (χ1v) is 18.8. The van der Waals surface area contributed by atoms with Crippen molar-refractivity contribution in [2.45, 2.75) is 51.1 Å². The van der Waals surface area contributed by atoms with Crippen LogP contribution in [0.1, 0.15) is 69.0 Å². The Morgan fingerprint density at radius 2 is 1.70 bits per heavy atom. The molecule has 2 N–H and O–H groups in total. The van der Waals surface area contributed by atoms with Crippen molar-refractivity contribution >= 4 is 40.1 Å². The zero-order chi connectivity index (χ0) is 39.8. The molecule has 2 atom stereocenters. The predicted octanol–water partition coefficient (Wildman–Crippen LogP) is 6.62. The van der Waals surface area contributed by atoms with Crippen LogP contribution in [-0.2, 0) is 28.9 Å². The van der Waals surface area contributed by atoms with E-state index in [2.05, 4.69) is 20.4 Å². The van der Waals surface area contributed by atoms with Gasteiger partial charge in [-0.2, -0.15) is 13.2 Å². The molecular weight excluding hydrogens is 738 g/mol. The third kappa shape index (κ3) is 8.03. The van der Waals surface area contributed by atoms with Gasteiger partial charge in [0.2, 0.25) is 11.8 Å². The summed E-state index contributed by atoms with van der Waals surface area (Å²) in [7, 11) is 0. The van der Waals surface area contributed by atoms with E-state index in [4.69, 9.17) is 9.72 Å². The van der Waals surface area contributed by atoms with Crippen LogP contribution >= 0.6 is 0 Å². The Bertz CT molecular complexity index is 2380. The van der Waals surface area contributed by atoms with Crippen LogP contribution in [0.5, 0.6) is 11.5 Å². The van der Waals surface area contributed by atoms with Gasteiger partial charge in [0.15, 0.2) is 0 Å². The van der Waals surface area contributed by atoms with Crippen LogP contribution in [0, 0.1) is 0 Å². The summed E-state index contributed by atoms with van der Waals surface area (Å²) in [6.07, 6.45) is -3.89. The number of nitrogens with zero attached hydrogens (tertiary/aromatic N) is 4. The first kappa shape index (κ1) is 37.6. The molecule has 4 amide bonds. The van der Waals surface area contributed by atoms with Crippen LogP contribution in [0.3, 0.4) is 0 Å². The maximum absolute atomic E-state index is 13.4. The van der Waals surface area contributed by atoms with Gasteiger partial charge in [-0.3, -0.25) is 34.4 Å². The number of benzene rings is 4. The molecular formula is C43H39F3N6O5. The smallest absolute Gasteiger partial charge is 0.416 e. The summed E-state index contributed by atoms with van der Waals surface area (Å²) in [6.45, 7) is 6.03. The number of imide groups is 1. The Balaban J connectivity index is 0.852. The minimum atomic E-state index is -4.44. The van der Waals surface area contributed by atoms with E-state index < -0.39 is 23.7 Å². The van der Waals surface area contributed by atoms with Crippen LogP contribution in [-0.4, -0.2) is 70.6 Å². The van der Waals surface area contributed by atoms with Crippen LogP contribution in [0.25, 0.3) is 10.8 Å². The van der Waals surface area contributed by atoms with Gasteiger partial charge in [-0.25, -0.2) is 0 Å². The highest BCUT2D eigenvalue weighted by molar-refractivity contribution is 6.05. The van der Waals surface area contributed by atoms with Crippen LogP contribution in [0.2, 0.25) is 0 Å². The zero-order valence-electron chi connectivity index (χ0n) is 31.0. The Morgan fingerprint density at radius 1 is 0.930 bits per heavy atom. The number of carbonyl (C=O) groups excluding carboxylic acids is 4. The molecule has 14 heteroatoms. The van der Waals surface area contributed by atoms with Gasteiger partial charge in [0.05, 0.1) is 23.0 Å². The second-order valence-corrected chi connectivity index (χ2v) is 14.6. The number of halogens is 3. The van der Waals surface area contributed by atoms with Gasteiger partial charge in [-0.1, -0.05) is 18.2 Å². The van der Waals surface area contributed by atoms with Crippen molar-refractivity contribution in [2.24, 2.45) is 0 Å². The van der Waals surface area contributed by atoms with Gasteiger partial charge in [0.1, 0.15) is 17.5 Å².